The van der Waals surface area contributed by atoms with Crippen molar-refractivity contribution in [2.45, 2.75) is 44.5 Å². The van der Waals surface area contributed by atoms with Gasteiger partial charge < -0.3 is 14.3 Å². The number of nitrogens with one attached hydrogen (secondary N) is 1. The van der Waals surface area contributed by atoms with Crippen LogP contribution in [0.3, 0.4) is 0 Å². The number of aliphatic hydroxyl groups is 1. The Hall–Kier alpha value is -0.880. The van der Waals surface area contributed by atoms with Gasteiger partial charge >= 0.3 is 0 Å². The summed E-state index contributed by atoms with van der Waals surface area (Å²) in [5.74, 6) is 0.761. The summed E-state index contributed by atoms with van der Waals surface area (Å²) in [6, 6.07) is 3.65. The van der Waals surface area contributed by atoms with Gasteiger partial charge in [-0.1, -0.05) is 12.8 Å². The third-order valence-electron chi connectivity index (χ3n) is 3.01. The van der Waals surface area contributed by atoms with Gasteiger partial charge in [-0.05, 0) is 25.0 Å². The average Bonchev–Trinajstić information content (AvgIpc) is 3.01. The summed E-state index contributed by atoms with van der Waals surface area (Å²) in [6.45, 7) is 1.03. The molecule has 0 spiro atoms. The van der Waals surface area contributed by atoms with E-state index in [0.717, 1.165) is 18.6 Å². The molecule has 102 valence electrons. The lowest BCUT2D eigenvalue weighted by Crippen LogP contribution is -2.32. The Morgan fingerprint density at radius 2 is 2.28 bits per heavy atom. The Balaban J connectivity index is 1.48. The second-order valence-corrected chi connectivity index (χ2v) is 4.62. The molecule has 0 aromatic carbocycles. The lowest BCUT2D eigenvalue weighted by atomic mass is 10.3. The molecule has 1 aliphatic rings. The fraction of sp³-hybridized carbons (Fsp3) is 0.692. The Morgan fingerprint density at radius 3 is 3.00 bits per heavy atom. The van der Waals surface area contributed by atoms with Crippen LogP contribution in [0.1, 0.15) is 31.4 Å². The zero-order chi connectivity index (χ0) is 12.6. The maximum absolute atomic E-state index is 9.65. The Morgan fingerprint density at radius 1 is 1.44 bits per heavy atom. The van der Waals surface area contributed by atoms with Gasteiger partial charge in [0.1, 0.15) is 12.4 Å². The summed E-state index contributed by atoms with van der Waals surface area (Å²) in [6.07, 6.45) is 6.03. The van der Waals surface area contributed by atoms with Gasteiger partial charge in [-0.3, -0.25) is 4.84 Å². The minimum absolute atomic E-state index is 0.266. The smallest absolute Gasteiger partial charge is 0.129 e. The first-order chi connectivity index (χ1) is 8.84. The van der Waals surface area contributed by atoms with Crippen LogP contribution in [0, 0.1) is 0 Å². The second kappa shape index (κ2) is 7.53. The maximum Gasteiger partial charge on any atom is 0.129 e. The predicted octanol–water partition coefficient (Wildman–Crippen LogP) is 1.62. The number of hydrogen-bond acceptors (Lipinski definition) is 5. The zero-order valence-electron chi connectivity index (χ0n) is 10.5. The minimum atomic E-state index is -0.568. The Labute approximate surface area is 107 Å². The molecule has 1 aliphatic carbocycles. The van der Waals surface area contributed by atoms with Gasteiger partial charge in [0.2, 0.25) is 0 Å². The molecular formula is C13H21NO4. The van der Waals surface area contributed by atoms with Crippen LogP contribution in [0.5, 0.6) is 0 Å². The molecule has 0 bridgehead atoms. The molecule has 5 heteroatoms. The normalized spacial score (nSPS) is 18.3. The van der Waals surface area contributed by atoms with Gasteiger partial charge in [-0.2, -0.15) is 5.48 Å². The van der Waals surface area contributed by atoms with Gasteiger partial charge in [-0.25, -0.2) is 0 Å². The standard InChI is InChI=1S/C13H21NO4/c15-11(8-14-18-12-4-1-2-5-12)9-16-10-13-6-3-7-17-13/h3,6-7,11-12,14-15H,1-2,4-5,8-10H2. The first-order valence-electron chi connectivity index (χ1n) is 6.51. The number of furan rings is 1. The molecule has 1 heterocycles. The van der Waals surface area contributed by atoms with E-state index in [1.807, 2.05) is 12.1 Å². The molecule has 2 rings (SSSR count). The number of hydroxylamine groups is 1. The van der Waals surface area contributed by atoms with Crippen molar-refractivity contribution < 1.29 is 19.1 Å². The molecule has 18 heavy (non-hydrogen) atoms. The van der Waals surface area contributed by atoms with E-state index in [-0.39, 0.29) is 6.61 Å². The van der Waals surface area contributed by atoms with Crippen LogP contribution < -0.4 is 5.48 Å². The first kappa shape index (κ1) is 13.5. The van der Waals surface area contributed by atoms with Crippen LogP contribution in [0.25, 0.3) is 0 Å². The van der Waals surface area contributed by atoms with Gasteiger partial charge in [-0.15, -0.1) is 0 Å². The third kappa shape index (κ3) is 4.78. The van der Waals surface area contributed by atoms with E-state index in [1.165, 1.54) is 12.8 Å². The van der Waals surface area contributed by atoms with Crippen LogP contribution in [0.15, 0.2) is 22.8 Å². The lowest BCUT2D eigenvalue weighted by molar-refractivity contribution is -0.0520. The molecule has 1 fully saturated rings. The largest absolute Gasteiger partial charge is 0.467 e. The molecular weight excluding hydrogens is 234 g/mol. The van der Waals surface area contributed by atoms with E-state index in [9.17, 15) is 5.11 Å². The van der Waals surface area contributed by atoms with Crippen LogP contribution in [-0.2, 0) is 16.2 Å². The van der Waals surface area contributed by atoms with E-state index in [1.54, 1.807) is 6.26 Å². The topological polar surface area (TPSA) is 63.9 Å². The Bertz CT molecular complexity index is 309. The monoisotopic (exact) mass is 255 g/mol. The molecule has 1 aromatic heterocycles. The number of aliphatic hydroxyl groups excluding tert-OH is 1. The highest BCUT2D eigenvalue weighted by Crippen LogP contribution is 2.19. The van der Waals surface area contributed by atoms with Gasteiger partial charge in [0.15, 0.2) is 0 Å². The van der Waals surface area contributed by atoms with Crippen molar-refractivity contribution in [1.29, 1.82) is 0 Å². The molecule has 0 amide bonds. The van der Waals surface area contributed by atoms with E-state index in [4.69, 9.17) is 14.0 Å². The molecule has 1 saturated carbocycles. The summed E-state index contributed by atoms with van der Waals surface area (Å²) < 4.78 is 10.4. The number of hydrogen-bond donors (Lipinski definition) is 2. The van der Waals surface area contributed by atoms with Crippen LogP contribution in [0.4, 0.5) is 0 Å². The van der Waals surface area contributed by atoms with Crippen molar-refractivity contribution in [3.05, 3.63) is 24.2 Å². The summed E-state index contributed by atoms with van der Waals surface area (Å²) >= 11 is 0. The quantitative estimate of drug-likeness (QED) is 0.691. The van der Waals surface area contributed by atoms with E-state index < -0.39 is 6.10 Å². The molecule has 5 nitrogen and oxygen atoms in total. The van der Waals surface area contributed by atoms with Gasteiger partial charge in [0, 0.05) is 6.54 Å². The number of rotatable bonds is 8. The SMILES string of the molecule is OC(CNOC1CCCC1)COCc1ccco1. The molecule has 1 aromatic rings. The number of ether oxygens (including phenoxy) is 1. The highest BCUT2D eigenvalue weighted by Gasteiger charge is 2.16. The van der Waals surface area contributed by atoms with Gasteiger partial charge in [0.05, 0.1) is 25.1 Å². The Kier molecular flexibility index (Phi) is 5.67. The molecule has 1 unspecified atom stereocenters. The highest BCUT2D eigenvalue weighted by molar-refractivity contribution is 4.96. The molecule has 0 aliphatic heterocycles. The summed E-state index contributed by atoms with van der Waals surface area (Å²) in [4.78, 5) is 5.44. The molecule has 1 atom stereocenters. The van der Waals surface area contributed by atoms with Crippen molar-refractivity contribution in [2.75, 3.05) is 13.2 Å². The average molecular weight is 255 g/mol. The summed E-state index contributed by atoms with van der Waals surface area (Å²) in [7, 11) is 0. The minimum Gasteiger partial charge on any atom is -0.467 e. The fourth-order valence-corrected chi connectivity index (χ4v) is 2.02. The highest BCUT2D eigenvalue weighted by atomic mass is 16.7. The van der Waals surface area contributed by atoms with Crippen LogP contribution in [0.2, 0.25) is 0 Å². The van der Waals surface area contributed by atoms with Crippen LogP contribution in [-0.4, -0.2) is 30.5 Å². The van der Waals surface area contributed by atoms with Crippen molar-refractivity contribution >= 4 is 0 Å². The van der Waals surface area contributed by atoms with Crippen LogP contribution >= 0.6 is 0 Å². The third-order valence-corrected chi connectivity index (χ3v) is 3.01. The molecule has 0 radical (unpaired) electrons. The fourth-order valence-electron chi connectivity index (χ4n) is 2.02. The van der Waals surface area contributed by atoms with E-state index >= 15 is 0 Å². The first-order valence-corrected chi connectivity index (χ1v) is 6.51. The van der Waals surface area contributed by atoms with Gasteiger partial charge in [0.25, 0.3) is 0 Å². The maximum atomic E-state index is 9.65. The summed E-state index contributed by atoms with van der Waals surface area (Å²) in [5.41, 5.74) is 2.82. The molecule has 0 saturated heterocycles. The van der Waals surface area contributed by atoms with Crippen molar-refractivity contribution in [3.63, 3.8) is 0 Å². The van der Waals surface area contributed by atoms with E-state index in [0.29, 0.717) is 19.3 Å². The zero-order valence-corrected chi connectivity index (χ0v) is 10.5. The predicted molar refractivity (Wildman–Crippen MR) is 65.7 cm³/mol. The summed E-state index contributed by atoms with van der Waals surface area (Å²) in [5, 5.41) is 9.65. The lowest BCUT2D eigenvalue weighted by Gasteiger charge is -2.15. The molecule has 2 N–H and O–H groups in total. The second-order valence-electron chi connectivity index (χ2n) is 4.62. The van der Waals surface area contributed by atoms with Crippen molar-refractivity contribution in [2.24, 2.45) is 0 Å². The van der Waals surface area contributed by atoms with E-state index in [2.05, 4.69) is 5.48 Å². The van der Waals surface area contributed by atoms with Crippen molar-refractivity contribution in [3.8, 4) is 0 Å². The van der Waals surface area contributed by atoms with Crippen molar-refractivity contribution in [1.82, 2.24) is 5.48 Å².